The molecular formula is C20H26N4O4S. The Kier molecular flexibility index (Phi) is 6.36. The number of benzene rings is 1. The minimum atomic E-state index is -0.489. The Morgan fingerprint density at radius 3 is 2.31 bits per heavy atom. The molecule has 0 unspecified atom stereocenters. The van der Waals surface area contributed by atoms with E-state index in [1.54, 1.807) is 4.90 Å². The minimum absolute atomic E-state index is 0.0215. The van der Waals surface area contributed by atoms with Gasteiger partial charge < -0.3 is 19.7 Å². The highest BCUT2D eigenvalue weighted by molar-refractivity contribution is 7.17. The van der Waals surface area contributed by atoms with Crippen LogP contribution in [0.4, 0.5) is 9.93 Å². The monoisotopic (exact) mass is 418 g/mol. The highest BCUT2D eigenvalue weighted by Crippen LogP contribution is 2.32. The minimum Gasteiger partial charge on any atom is -0.465 e. The molecule has 29 heavy (non-hydrogen) atoms. The van der Waals surface area contributed by atoms with Crippen molar-refractivity contribution in [3.05, 3.63) is 24.3 Å². The third-order valence-electron chi connectivity index (χ3n) is 4.16. The lowest BCUT2D eigenvalue weighted by atomic mass is 10.1. The predicted molar refractivity (Wildman–Crippen MR) is 111 cm³/mol. The molecule has 0 saturated carbocycles. The zero-order valence-corrected chi connectivity index (χ0v) is 17.9. The van der Waals surface area contributed by atoms with E-state index in [-0.39, 0.29) is 18.1 Å². The Morgan fingerprint density at radius 1 is 1.17 bits per heavy atom. The third kappa shape index (κ3) is 6.70. The van der Waals surface area contributed by atoms with Crippen LogP contribution >= 0.6 is 11.3 Å². The molecule has 2 heterocycles. The van der Waals surface area contributed by atoms with E-state index in [9.17, 15) is 9.59 Å². The first kappa shape index (κ1) is 21.0. The molecule has 156 valence electrons. The summed E-state index contributed by atoms with van der Waals surface area (Å²) in [6, 6.07) is 8.48. The van der Waals surface area contributed by atoms with Crippen molar-refractivity contribution in [3.8, 4) is 16.3 Å². The Morgan fingerprint density at radius 2 is 1.83 bits per heavy atom. The molecule has 4 rings (SSSR count). The number of likely N-dealkylation sites (tertiary alicyclic amines) is 1. The second kappa shape index (κ2) is 8.77. The maximum Gasteiger partial charge on any atom is 0.410 e. The SMILES string of the molecule is CC(=O)Nc1nnc(OC2CCN(C(=O)OC(C)(C)C)CC2)s1.c1cc2cc-2c1. The summed E-state index contributed by atoms with van der Waals surface area (Å²) < 4.78 is 11.1. The second-order valence-electron chi connectivity index (χ2n) is 7.92. The summed E-state index contributed by atoms with van der Waals surface area (Å²) in [6.07, 6.45) is 1.09. The van der Waals surface area contributed by atoms with Gasteiger partial charge in [-0.3, -0.25) is 4.79 Å². The van der Waals surface area contributed by atoms with Gasteiger partial charge in [0.1, 0.15) is 11.7 Å². The number of piperidine rings is 1. The first-order valence-electron chi connectivity index (χ1n) is 9.56. The number of anilines is 1. The van der Waals surface area contributed by atoms with Crippen LogP contribution in [0.3, 0.4) is 0 Å². The van der Waals surface area contributed by atoms with Crippen molar-refractivity contribution in [1.82, 2.24) is 15.1 Å². The fourth-order valence-corrected chi connectivity index (χ4v) is 3.47. The van der Waals surface area contributed by atoms with E-state index in [4.69, 9.17) is 9.47 Å². The van der Waals surface area contributed by atoms with Crippen molar-refractivity contribution < 1.29 is 19.1 Å². The molecule has 0 radical (unpaired) electrons. The van der Waals surface area contributed by atoms with Gasteiger partial charge in [0.2, 0.25) is 11.0 Å². The molecule has 2 aliphatic carbocycles. The lowest BCUT2D eigenvalue weighted by Gasteiger charge is -2.33. The largest absolute Gasteiger partial charge is 0.465 e. The highest BCUT2D eigenvalue weighted by atomic mass is 32.1. The van der Waals surface area contributed by atoms with Crippen molar-refractivity contribution in [2.24, 2.45) is 0 Å². The van der Waals surface area contributed by atoms with Gasteiger partial charge in [-0.25, -0.2) is 4.79 Å². The van der Waals surface area contributed by atoms with E-state index >= 15 is 0 Å². The van der Waals surface area contributed by atoms with Gasteiger partial charge in [0.25, 0.3) is 5.19 Å². The first-order chi connectivity index (χ1) is 13.7. The summed E-state index contributed by atoms with van der Waals surface area (Å²) in [7, 11) is 0. The van der Waals surface area contributed by atoms with Crippen LogP contribution in [-0.4, -0.2) is 51.9 Å². The number of rotatable bonds is 3. The average molecular weight is 419 g/mol. The molecule has 0 bridgehead atoms. The normalized spacial score (nSPS) is 15.1. The fourth-order valence-electron chi connectivity index (χ4n) is 2.76. The smallest absolute Gasteiger partial charge is 0.410 e. The van der Waals surface area contributed by atoms with Crippen LogP contribution in [0.1, 0.15) is 40.5 Å². The van der Waals surface area contributed by atoms with Crippen molar-refractivity contribution in [3.63, 3.8) is 0 Å². The molecule has 1 N–H and O–H groups in total. The van der Waals surface area contributed by atoms with E-state index in [0.717, 1.165) is 0 Å². The zero-order chi connectivity index (χ0) is 21.0. The van der Waals surface area contributed by atoms with Crippen LogP contribution in [0.25, 0.3) is 11.1 Å². The number of fused-ring (bicyclic) bond motifs is 1. The van der Waals surface area contributed by atoms with Gasteiger partial charge in [-0.1, -0.05) is 23.3 Å². The molecule has 0 aromatic carbocycles. The lowest BCUT2D eigenvalue weighted by Crippen LogP contribution is -2.44. The summed E-state index contributed by atoms with van der Waals surface area (Å²) in [5.74, 6) is -0.196. The van der Waals surface area contributed by atoms with Gasteiger partial charge in [0.05, 0.1) is 0 Å². The molecule has 2 amide bonds. The van der Waals surface area contributed by atoms with Crippen LogP contribution in [-0.2, 0) is 9.53 Å². The Labute approximate surface area is 174 Å². The summed E-state index contributed by atoms with van der Waals surface area (Å²) in [4.78, 5) is 24.6. The topological polar surface area (TPSA) is 93.6 Å². The van der Waals surface area contributed by atoms with Gasteiger partial charge in [-0.2, -0.15) is 0 Å². The van der Waals surface area contributed by atoms with E-state index < -0.39 is 5.60 Å². The van der Waals surface area contributed by atoms with Gasteiger partial charge in [0.15, 0.2) is 0 Å². The van der Waals surface area contributed by atoms with Crippen LogP contribution in [0.5, 0.6) is 5.19 Å². The van der Waals surface area contributed by atoms with E-state index in [1.807, 2.05) is 20.8 Å². The molecule has 3 aliphatic rings. The number of amides is 2. The maximum absolute atomic E-state index is 12.0. The number of carbonyl (C=O) groups is 2. The van der Waals surface area contributed by atoms with Crippen molar-refractivity contribution >= 4 is 28.5 Å². The number of nitrogens with zero attached hydrogens (tertiary/aromatic N) is 3. The molecule has 8 nitrogen and oxygen atoms in total. The second-order valence-corrected chi connectivity index (χ2v) is 8.86. The Balaban J connectivity index is 0.000000334. The molecule has 1 aliphatic heterocycles. The highest BCUT2D eigenvalue weighted by Gasteiger charge is 2.28. The number of carbonyl (C=O) groups excluding carboxylic acids is 2. The first-order valence-corrected chi connectivity index (χ1v) is 10.4. The van der Waals surface area contributed by atoms with Crippen molar-refractivity contribution in [1.29, 1.82) is 0 Å². The van der Waals surface area contributed by atoms with E-state index in [1.165, 1.54) is 29.4 Å². The van der Waals surface area contributed by atoms with Gasteiger partial charge in [0, 0.05) is 32.9 Å². The van der Waals surface area contributed by atoms with E-state index in [0.29, 0.717) is 36.3 Å². The standard InChI is InChI=1S/C14H22N4O4S.C6H4/c1-9(19)15-11-16-17-12(23-11)21-10-5-7-18(8-6-10)13(20)22-14(2,3)4;1-2-5-4-6(5)3-1/h10H,5-8H2,1-4H3,(H,15,16,19);1-4H. The molecule has 0 spiro atoms. The van der Waals surface area contributed by atoms with Gasteiger partial charge in [-0.05, 0) is 49.3 Å². The van der Waals surface area contributed by atoms with Crippen LogP contribution in [0, 0.1) is 0 Å². The molecule has 1 aromatic rings. The number of aromatic nitrogens is 2. The maximum atomic E-state index is 12.0. The molecule has 1 aromatic heterocycles. The van der Waals surface area contributed by atoms with Crippen LogP contribution in [0.2, 0.25) is 0 Å². The Hall–Kier alpha value is -2.68. The number of ether oxygens (including phenoxy) is 2. The van der Waals surface area contributed by atoms with Gasteiger partial charge in [-0.15, -0.1) is 5.10 Å². The van der Waals surface area contributed by atoms with Crippen molar-refractivity contribution in [2.75, 3.05) is 18.4 Å². The number of hydrogen-bond acceptors (Lipinski definition) is 7. The molecule has 1 saturated heterocycles. The summed E-state index contributed by atoms with van der Waals surface area (Å²) in [5, 5.41) is 11.1. The van der Waals surface area contributed by atoms with Crippen LogP contribution < -0.4 is 10.1 Å². The average Bonchev–Trinajstić information content (AvgIpc) is 3.00. The van der Waals surface area contributed by atoms with Crippen molar-refractivity contribution in [2.45, 2.75) is 52.2 Å². The Bertz CT molecular complexity index is 852. The molecule has 1 fully saturated rings. The third-order valence-corrected chi connectivity index (χ3v) is 4.89. The predicted octanol–water partition coefficient (Wildman–Crippen LogP) is 3.94. The number of hydrogen-bond donors (Lipinski definition) is 1. The van der Waals surface area contributed by atoms with E-state index in [2.05, 4.69) is 39.8 Å². The van der Waals surface area contributed by atoms with Gasteiger partial charge >= 0.3 is 6.09 Å². The summed E-state index contributed by atoms with van der Waals surface area (Å²) >= 11 is 1.19. The number of nitrogens with one attached hydrogen (secondary N) is 1. The molecule has 0 atom stereocenters. The fraction of sp³-hybridized carbons (Fsp3) is 0.500. The van der Waals surface area contributed by atoms with Crippen LogP contribution in [0.15, 0.2) is 24.3 Å². The summed E-state index contributed by atoms with van der Waals surface area (Å²) in [6.45, 7) is 8.12. The molecule has 9 heteroatoms. The molecular weight excluding hydrogens is 392 g/mol. The zero-order valence-electron chi connectivity index (χ0n) is 17.1. The lowest BCUT2D eigenvalue weighted by molar-refractivity contribution is -0.114. The summed E-state index contributed by atoms with van der Waals surface area (Å²) in [5.41, 5.74) is 2.36. The quantitative estimate of drug-likeness (QED) is 0.692.